The molecule has 0 aliphatic carbocycles. The fraction of sp³-hybridized carbons (Fsp3) is 0.500. The van der Waals surface area contributed by atoms with Crippen LogP contribution in [0.3, 0.4) is 0 Å². The molecule has 3 heteroatoms. The van der Waals surface area contributed by atoms with Gasteiger partial charge in [-0.2, -0.15) is 0 Å². The monoisotopic (exact) mass is 211 g/mol. The summed E-state index contributed by atoms with van der Waals surface area (Å²) in [5.41, 5.74) is 0.705. The van der Waals surface area contributed by atoms with E-state index in [2.05, 4.69) is 5.32 Å². The van der Waals surface area contributed by atoms with Crippen molar-refractivity contribution in [1.82, 2.24) is 5.32 Å². The third-order valence-electron chi connectivity index (χ3n) is 2.85. The Bertz CT molecular complexity index is 305. The average Bonchev–Trinajstić information content (AvgIpc) is 2.71. The summed E-state index contributed by atoms with van der Waals surface area (Å²) in [5.74, 6) is -2.63. The van der Waals surface area contributed by atoms with Crippen molar-refractivity contribution in [2.45, 2.75) is 31.2 Å². The second-order valence-corrected chi connectivity index (χ2v) is 4.07. The van der Waals surface area contributed by atoms with E-state index in [1.165, 1.54) is 0 Å². The topological polar surface area (TPSA) is 12.0 Å². The second kappa shape index (κ2) is 4.27. The molecule has 1 fully saturated rings. The number of alkyl halides is 2. The van der Waals surface area contributed by atoms with E-state index in [4.69, 9.17) is 0 Å². The van der Waals surface area contributed by atoms with Gasteiger partial charge in [0.15, 0.2) is 0 Å². The van der Waals surface area contributed by atoms with E-state index in [1.54, 1.807) is 24.3 Å². The second-order valence-electron chi connectivity index (χ2n) is 4.07. The maximum atomic E-state index is 13.8. The molecule has 0 aromatic heterocycles. The van der Waals surface area contributed by atoms with Gasteiger partial charge < -0.3 is 5.32 Å². The molecule has 0 bridgehead atoms. The van der Waals surface area contributed by atoms with Crippen LogP contribution in [0.25, 0.3) is 0 Å². The Kier molecular flexibility index (Phi) is 3.00. The van der Waals surface area contributed by atoms with Gasteiger partial charge in [0.1, 0.15) is 0 Å². The van der Waals surface area contributed by atoms with Gasteiger partial charge in [-0.15, -0.1) is 0 Å². The number of benzene rings is 1. The molecule has 1 aliphatic heterocycles. The Morgan fingerprint density at radius 3 is 2.60 bits per heavy atom. The molecule has 1 heterocycles. The van der Waals surface area contributed by atoms with Gasteiger partial charge in [0, 0.05) is 6.42 Å². The highest BCUT2D eigenvalue weighted by Gasteiger charge is 2.40. The van der Waals surface area contributed by atoms with Crippen LogP contribution in [0.4, 0.5) is 8.78 Å². The van der Waals surface area contributed by atoms with Crippen LogP contribution >= 0.6 is 0 Å². The Labute approximate surface area is 88.5 Å². The molecule has 0 saturated carbocycles. The molecule has 1 nitrogen and oxygen atoms in total. The summed E-state index contributed by atoms with van der Waals surface area (Å²) < 4.78 is 27.5. The molecule has 1 aliphatic rings. The minimum Gasteiger partial charge on any atom is -0.309 e. The van der Waals surface area contributed by atoms with Crippen LogP contribution in [0.5, 0.6) is 0 Å². The first-order valence-electron chi connectivity index (χ1n) is 5.33. The van der Waals surface area contributed by atoms with Gasteiger partial charge in [0.05, 0.1) is 6.04 Å². The van der Waals surface area contributed by atoms with Gasteiger partial charge in [0.2, 0.25) is 0 Å². The molecule has 0 amide bonds. The summed E-state index contributed by atoms with van der Waals surface area (Å²) in [4.78, 5) is 0. The lowest BCUT2D eigenvalue weighted by Crippen LogP contribution is -2.42. The third kappa shape index (κ3) is 2.53. The summed E-state index contributed by atoms with van der Waals surface area (Å²) >= 11 is 0. The largest absolute Gasteiger partial charge is 0.309 e. The summed E-state index contributed by atoms with van der Waals surface area (Å²) in [5, 5.41) is 2.87. The molecule has 1 N–H and O–H groups in total. The SMILES string of the molecule is FC(F)(Cc1ccccc1)C1CCCN1. The zero-order valence-corrected chi connectivity index (χ0v) is 8.55. The standard InChI is InChI=1S/C12H15F2N/c13-12(14,11-7-4-8-15-11)9-10-5-2-1-3-6-10/h1-3,5-6,11,15H,4,7-9H2. The minimum atomic E-state index is -2.63. The zero-order chi connectivity index (χ0) is 10.7. The summed E-state index contributed by atoms with van der Waals surface area (Å²) in [6.45, 7) is 0.717. The summed E-state index contributed by atoms with van der Waals surface area (Å²) in [6, 6.07) is 8.31. The number of nitrogens with one attached hydrogen (secondary N) is 1. The molecule has 82 valence electrons. The molecular weight excluding hydrogens is 196 g/mol. The highest BCUT2D eigenvalue weighted by atomic mass is 19.3. The van der Waals surface area contributed by atoms with E-state index in [1.807, 2.05) is 6.07 Å². The predicted octanol–water partition coefficient (Wildman–Crippen LogP) is 2.62. The van der Waals surface area contributed by atoms with Crippen LogP contribution in [0, 0.1) is 0 Å². The van der Waals surface area contributed by atoms with Crippen molar-refractivity contribution in [1.29, 1.82) is 0 Å². The van der Waals surface area contributed by atoms with E-state index >= 15 is 0 Å². The molecule has 1 saturated heterocycles. The van der Waals surface area contributed by atoms with Crippen LogP contribution in [0.2, 0.25) is 0 Å². The number of rotatable bonds is 3. The van der Waals surface area contributed by atoms with E-state index in [9.17, 15) is 8.78 Å². The first-order valence-corrected chi connectivity index (χ1v) is 5.33. The molecule has 1 unspecified atom stereocenters. The van der Waals surface area contributed by atoms with E-state index < -0.39 is 12.0 Å². The smallest absolute Gasteiger partial charge is 0.267 e. The zero-order valence-electron chi connectivity index (χ0n) is 8.55. The van der Waals surface area contributed by atoms with Crippen molar-refractivity contribution in [2.75, 3.05) is 6.54 Å². The number of halogens is 2. The van der Waals surface area contributed by atoms with Crippen molar-refractivity contribution in [3.05, 3.63) is 35.9 Å². The van der Waals surface area contributed by atoms with Crippen LogP contribution in [0.15, 0.2) is 30.3 Å². The Morgan fingerprint density at radius 2 is 2.00 bits per heavy atom. The molecule has 1 atom stereocenters. The fourth-order valence-electron chi connectivity index (χ4n) is 2.04. The average molecular weight is 211 g/mol. The molecule has 0 spiro atoms. The lowest BCUT2D eigenvalue weighted by atomic mass is 10.00. The van der Waals surface area contributed by atoms with Crippen LogP contribution in [-0.2, 0) is 6.42 Å². The summed E-state index contributed by atoms with van der Waals surface area (Å²) in [7, 11) is 0. The van der Waals surface area contributed by atoms with Crippen LogP contribution in [-0.4, -0.2) is 18.5 Å². The predicted molar refractivity (Wildman–Crippen MR) is 56.1 cm³/mol. The molecule has 1 aromatic carbocycles. The maximum Gasteiger partial charge on any atom is 0.267 e. The number of hydrogen-bond acceptors (Lipinski definition) is 1. The van der Waals surface area contributed by atoms with Gasteiger partial charge in [0.25, 0.3) is 5.92 Å². The normalized spacial score (nSPS) is 21.9. The highest BCUT2D eigenvalue weighted by Crippen LogP contribution is 2.28. The van der Waals surface area contributed by atoms with Gasteiger partial charge >= 0.3 is 0 Å². The Hall–Kier alpha value is -0.960. The van der Waals surface area contributed by atoms with Crippen molar-refractivity contribution < 1.29 is 8.78 Å². The van der Waals surface area contributed by atoms with Gasteiger partial charge in [-0.3, -0.25) is 0 Å². The van der Waals surface area contributed by atoms with Crippen LogP contribution in [0.1, 0.15) is 18.4 Å². The van der Waals surface area contributed by atoms with Gasteiger partial charge in [-0.25, -0.2) is 8.78 Å². The molecule has 15 heavy (non-hydrogen) atoms. The quantitative estimate of drug-likeness (QED) is 0.810. The maximum absolute atomic E-state index is 13.8. The molecule has 0 radical (unpaired) electrons. The van der Waals surface area contributed by atoms with Crippen molar-refractivity contribution in [2.24, 2.45) is 0 Å². The van der Waals surface area contributed by atoms with Crippen molar-refractivity contribution in [3.63, 3.8) is 0 Å². The lowest BCUT2D eigenvalue weighted by molar-refractivity contribution is -0.0307. The first kappa shape index (κ1) is 10.6. The molecular formula is C12H15F2N. The third-order valence-corrected chi connectivity index (χ3v) is 2.85. The lowest BCUT2D eigenvalue weighted by Gasteiger charge is -2.23. The molecule has 2 rings (SSSR count). The fourth-order valence-corrected chi connectivity index (χ4v) is 2.04. The Morgan fingerprint density at radius 1 is 1.27 bits per heavy atom. The first-order chi connectivity index (χ1) is 7.18. The van der Waals surface area contributed by atoms with Gasteiger partial charge in [-0.05, 0) is 24.9 Å². The van der Waals surface area contributed by atoms with Crippen molar-refractivity contribution >= 4 is 0 Å². The van der Waals surface area contributed by atoms with Crippen molar-refractivity contribution in [3.8, 4) is 0 Å². The Balaban J connectivity index is 2.03. The highest BCUT2D eigenvalue weighted by molar-refractivity contribution is 5.17. The van der Waals surface area contributed by atoms with Crippen LogP contribution < -0.4 is 5.32 Å². The van der Waals surface area contributed by atoms with E-state index in [0.717, 1.165) is 13.0 Å². The van der Waals surface area contributed by atoms with Gasteiger partial charge in [-0.1, -0.05) is 30.3 Å². The molecule has 1 aromatic rings. The number of hydrogen-bond donors (Lipinski definition) is 1. The minimum absolute atomic E-state index is 0.161. The summed E-state index contributed by atoms with van der Waals surface area (Å²) in [6.07, 6.45) is 1.28. The van der Waals surface area contributed by atoms with E-state index in [0.29, 0.717) is 12.0 Å². The van der Waals surface area contributed by atoms with E-state index in [-0.39, 0.29) is 6.42 Å².